The van der Waals surface area contributed by atoms with Crippen molar-refractivity contribution in [1.29, 1.82) is 0 Å². The lowest BCUT2D eigenvalue weighted by Gasteiger charge is -2.09. The van der Waals surface area contributed by atoms with Gasteiger partial charge in [0.1, 0.15) is 0 Å². The molecule has 2 N–H and O–H groups in total. The highest BCUT2D eigenvalue weighted by atomic mass is 16.2. The number of rotatable bonds is 6. The number of para-hydroxylation sites is 1. The van der Waals surface area contributed by atoms with E-state index in [0.29, 0.717) is 6.54 Å². The fourth-order valence-corrected chi connectivity index (χ4v) is 1.50. The van der Waals surface area contributed by atoms with Crippen LogP contribution in [0.1, 0.15) is 24.8 Å². The molecule has 0 aliphatic heterocycles. The van der Waals surface area contributed by atoms with Crippen LogP contribution in [0.25, 0.3) is 0 Å². The number of allylic oxidation sites excluding steroid dienone is 1. The Labute approximate surface area is 103 Å². The number of anilines is 1. The molecule has 0 spiro atoms. The smallest absolute Gasteiger partial charge is 0.319 e. The third-order valence-electron chi connectivity index (χ3n) is 2.51. The van der Waals surface area contributed by atoms with Crippen LogP contribution in [-0.4, -0.2) is 12.6 Å². The Morgan fingerprint density at radius 1 is 1.35 bits per heavy atom. The number of hydrogen-bond acceptors (Lipinski definition) is 1. The van der Waals surface area contributed by atoms with Crippen molar-refractivity contribution in [2.24, 2.45) is 0 Å². The van der Waals surface area contributed by atoms with Gasteiger partial charge >= 0.3 is 6.03 Å². The molecule has 0 heterocycles. The molecule has 0 unspecified atom stereocenters. The molecule has 0 bridgehead atoms. The minimum Gasteiger partial charge on any atom is -0.338 e. The Morgan fingerprint density at radius 2 is 2.12 bits per heavy atom. The summed E-state index contributed by atoms with van der Waals surface area (Å²) in [4.78, 5) is 11.6. The highest BCUT2D eigenvalue weighted by Gasteiger charge is 2.02. The molecule has 1 aromatic carbocycles. The largest absolute Gasteiger partial charge is 0.338 e. The SMILES string of the molecule is C=CCCCCNC(=O)Nc1ccccc1C. The maximum absolute atomic E-state index is 11.6. The van der Waals surface area contributed by atoms with Crippen LogP contribution < -0.4 is 10.6 Å². The molecule has 0 atom stereocenters. The van der Waals surface area contributed by atoms with Gasteiger partial charge in [-0.05, 0) is 37.8 Å². The predicted molar refractivity (Wildman–Crippen MR) is 72.2 cm³/mol. The van der Waals surface area contributed by atoms with Crippen molar-refractivity contribution in [3.05, 3.63) is 42.5 Å². The van der Waals surface area contributed by atoms with Gasteiger partial charge in [-0.2, -0.15) is 0 Å². The first-order valence-electron chi connectivity index (χ1n) is 5.95. The van der Waals surface area contributed by atoms with Crippen molar-refractivity contribution in [1.82, 2.24) is 5.32 Å². The van der Waals surface area contributed by atoms with Crippen LogP contribution in [0.4, 0.5) is 10.5 Å². The zero-order chi connectivity index (χ0) is 12.5. The standard InChI is InChI=1S/C14H20N2O/c1-3-4-5-8-11-15-14(17)16-13-10-7-6-9-12(13)2/h3,6-7,9-10H,1,4-5,8,11H2,2H3,(H2,15,16,17). The second-order valence-corrected chi connectivity index (χ2v) is 3.98. The van der Waals surface area contributed by atoms with Crippen molar-refractivity contribution in [3.8, 4) is 0 Å². The van der Waals surface area contributed by atoms with Crippen LogP contribution in [0, 0.1) is 6.92 Å². The molecule has 3 heteroatoms. The van der Waals surface area contributed by atoms with Gasteiger partial charge in [0.05, 0.1) is 0 Å². The molecule has 1 aromatic rings. The molecule has 0 saturated heterocycles. The lowest BCUT2D eigenvalue weighted by molar-refractivity contribution is 0.252. The first-order valence-corrected chi connectivity index (χ1v) is 5.95. The van der Waals surface area contributed by atoms with Crippen LogP contribution in [0.5, 0.6) is 0 Å². The molecular formula is C14H20N2O. The summed E-state index contributed by atoms with van der Waals surface area (Å²) in [6.45, 7) is 6.33. The maximum atomic E-state index is 11.6. The van der Waals surface area contributed by atoms with E-state index in [2.05, 4.69) is 17.2 Å². The lowest BCUT2D eigenvalue weighted by Crippen LogP contribution is -2.29. The zero-order valence-electron chi connectivity index (χ0n) is 10.3. The van der Waals surface area contributed by atoms with Gasteiger partial charge < -0.3 is 10.6 Å². The van der Waals surface area contributed by atoms with Gasteiger partial charge in [-0.15, -0.1) is 6.58 Å². The third kappa shape index (κ3) is 5.20. The lowest BCUT2D eigenvalue weighted by atomic mass is 10.2. The Balaban J connectivity index is 2.25. The van der Waals surface area contributed by atoms with Crippen LogP contribution in [0.3, 0.4) is 0 Å². The van der Waals surface area contributed by atoms with Gasteiger partial charge in [-0.25, -0.2) is 4.79 Å². The minimum absolute atomic E-state index is 0.141. The summed E-state index contributed by atoms with van der Waals surface area (Å²) in [6.07, 6.45) is 4.94. The first kappa shape index (κ1) is 13.3. The topological polar surface area (TPSA) is 41.1 Å². The molecular weight excluding hydrogens is 212 g/mol. The molecule has 3 nitrogen and oxygen atoms in total. The number of nitrogens with one attached hydrogen (secondary N) is 2. The molecule has 0 fully saturated rings. The van der Waals surface area contributed by atoms with E-state index in [1.807, 2.05) is 37.3 Å². The molecule has 0 aromatic heterocycles. The van der Waals surface area contributed by atoms with E-state index in [4.69, 9.17) is 0 Å². The summed E-state index contributed by atoms with van der Waals surface area (Å²) < 4.78 is 0. The van der Waals surface area contributed by atoms with E-state index < -0.39 is 0 Å². The summed E-state index contributed by atoms with van der Waals surface area (Å²) in [5.41, 5.74) is 1.92. The molecule has 0 saturated carbocycles. The summed E-state index contributed by atoms with van der Waals surface area (Å²) in [6, 6.07) is 7.59. The number of unbranched alkanes of at least 4 members (excludes halogenated alkanes) is 2. The molecule has 17 heavy (non-hydrogen) atoms. The fraction of sp³-hybridized carbons (Fsp3) is 0.357. The number of amides is 2. The van der Waals surface area contributed by atoms with Crippen molar-refractivity contribution >= 4 is 11.7 Å². The van der Waals surface area contributed by atoms with E-state index in [1.165, 1.54) is 0 Å². The summed E-state index contributed by atoms with van der Waals surface area (Å²) in [7, 11) is 0. The number of hydrogen-bond donors (Lipinski definition) is 2. The number of urea groups is 1. The van der Waals surface area contributed by atoms with Gasteiger partial charge in [0.2, 0.25) is 0 Å². The maximum Gasteiger partial charge on any atom is 0.319 e. The average molecular weight is 232 g/mol. The van der Waals surface area contributed by atoms with E-state index in [9.17, 15) is 4.79 Å². The zero-order valence-corrected chi connectivity index (χ0v) is 10.3. The molecule has 2 amide bonds. The monoisotopic (exact) mass is 232 g/mol. The average Bonchev–Trinajstić information content (AvgIpc) is 2.32. The van der Waals surface area contributed by atoms with E-state index in [1.54, 1.807) is 0 Å². The van der Waals surface area contributed by atoms with E-state index in [-0.39, 0.29) is 6.03 Å². The number of carbonyl (C=O) groups excluding carboxylic acids is 1. The minimum atomic E-state index is -0.141. The van der Waals surface area contributed by atoms with Crippen LogP contribution in [-0.2, 0) is 0 Å². The Bertz CT molecular complexity index is 374. The highest BCUT2D eigenvalue weighted by molar-refractivity contribution is 5.89. The van der Waals surface area contributed by atoms with Crippen molar-refractivity contribution in [2.45, 2.75) is 26.2 Å². The van der Waals surface area contributed by atoms with Gasteiger partial charge in [0.15, 0.2) is 0 Å². The van der Waals surface area contributed by atoms with Crippen molar-refractivity contribution < 1.29 is 4.79 Å². The quantitative estimate of drug-likeness (QED) is 0.572. The summed E-state index contributed by atoms with van der Waals surface area (Å²) in [5.74, 6) is 0. The van der Waals surface area contributed by atoms with Gasteiger partial charge in [0.25, 0.3) is 0 Å². The second kappa shape index (κ2) is 7.49. The third-order valence-corrected chi connectivity index (χ3v) is 2.51. The molecule has 1 rings (SSSR count). The van der Waals surface area contributed by atoms with Gasteiger partial charge in [0, 0.05) is 12.2 Å². The number of aryl methyl sites for hydroxylation is 1. The predicted octanol–water partition coefficient (Wildman–Crippen LogP) is 3.47. The molecule has 0 aliphatic carbocycles. The Kier molecular flexibility index (Phi) is 5.86. The van der Waals surface area contributed by atoms with E-state index in [0.717, 1.165) is 30.5 Å². The fourth-order valence-electron chi connectivity index (χ4n) is 1.50. The van der Waals surface area contributed by atoms with Gasteiger partial charge in [-0.1, -0.05) is 24.3 Å². The van der Waals surface area contributed by atoms with Crippen molar-refractivity contribution in [2.75, 3.05) is 11.9 Å². The van der Waals surface area contributed by atoms with Gasteiger partial charge in [-0.3, -0.25) is 0 Å². The Morgan fingerprint density at radius 3 is 2.82 bits per heavy atom. The molecule has 92 valence electrons. The first-order chi connectivity index (χ1) is 8.24. The second-order valence-electron chi connectivity index (χ2n) is 3.98. The van der Waals surface area contributed by atoms with Crippen LogP contribution in [0.2, 0.25) is 0 Å². The normalized spacial score (nSPS) is 9.71. The molecule has 0 aliphatic rings. The number of carbonyl (C=O) groups is 1. The number of benzene rings is 1. The Hall–Kier alpha value is -1.77. The van der Waals surface area contributed by atoms with E-state index >= 15 is 0 Å². The highest BCUT2D eigenvalue weighted by Crippen LogP contribution is 2.12. The van der Waals surface area contributed by atoms with Crippen LogP contribution >= 0.6 is 0 Å². The van der Waals surface area contributed by atoms with Crippen LogP contribution in [0.15, 0.2) is 36.9 Å². The molecule has 0 radical (unpaired) electrons. The summed E-state index contributed by atoms with van der Waals surface area (Å²) >= 11 is 0. The summed E-state index contributed by atoms with van der Waals surface area (Å²) in [5, 5.41) is 5.66. The van der Waals surface area contributed by atoms with Crippen molar-refractivity contribution in [3.63, 3.8) is 0 Å².